The number of aromatic amines is 1. The van der Waals surface area contributed by atoms with Crippen LogP contribution in [0.2, 0.25) is 0 Å². The first-order valence-electron chi connectivity index (χ1n) is 7.11. The lowest BCUT2D eigenvalue weighted by Gasteiger charge is -2.56. The second kappa shape index (κ2) is 3.81. The standard InChI is InChI=1S/C14H18FN3O/c15-14-3-8-1-9(4-14)12(10(2-8)5-14)18-13(19)11-6-16-17-7-11/h6-10,12H,1-5H2,(H,16,17)(H,18,19). The summed E-state index contributed by atoms with van der Waals surface area (Å²) in [5.41, 5.74) is -0.378. The Bertz CT molecular complexity index is 485. The Hall–Kier alpha value is -1.39. The van der Waals surface area contributed by atoms with Crippen LogP contribution in [-0.4, -0.2) is 27.8 Å². The van der Waals surface area contributed by atoms with Gasteiger partial charge < -0.3 is 5.32 Å². The number of nitrogens with zero attached hydrogens (tertiary/aromatic N) is 1. The summed E-state index contributed by atoms with van der Waals surface area (Å²) in [6.45, 7) is 0. The highest BCUT2D eigenvalue weighted by Crippen LogP contribution is 2.57. The monoisotopic (exact) mass is 263 g/mol. The van der Waals surface area contributed by atoms with E-state index in [4.69, 9.17) is 0 Å². The zero-order valence-corrected chi connectivity index (χ0v) is 10.7. The zero-order chi connectivity index (χ0) is 13.0. The van der Waals surface area contributed by atoms with Gasteiger partial charge in [-0.05, 0) is 49.9 Å². The predicted octanol–water partition coefficient (Wildman–Crippen LogP) is 2.06. The van der Waals surface area contributed by atoms with Crippen LogP contribution < -0.4 is 5.32 Å². The van der Waals surface area contributed by atoms with E-state index >= 15 is 0 Å². The van der Waals surface area contributed by atoms with Crippen LogP contribution in [0.5, 0.6) is 0 Å². The van der Waals surface area contributed by atoms with E-state index < -0.39 is 5.67 Å². The van der Waals surface area contributed by atoms with Crippen molar-refractivity contribution in [1.29, 1.82) is 0 Å². The van der Waals surface area contributed by atoms with Crippen molar-refractivity contribution in [3.8, 4) is 0 Å². The summed E-state index contributed by atoms with van der Waals surface area (Å²) in [7, 11) is 0. The van der Waals surface area contributed by atoms with Gasteiger partial charge in [-0.15, -0.1) is 0 Å². The Morgan fingerprint density at radius 2 is 2.11 bits per heavy atom. The molecule has 2 N–H and O–H groups in total. The molecule has 5 rings (SSSR count). The summed E-state index contributed by atoms with van der Waals surface area (Å²) in [5.74, 6) is 1.11. The van der Waals surface area contributed by atoms with E-state index in [2.05, 4.69) is 15.5 Å². The Morgan fingerprint density at radius 1 is 1.37 bits per heavy atom. The lowest BCUT2D eigenvalue weighted by atomic mass is 9.53. The summed E-state index contributed by atoms with van der Waals surface area (Å²) < 4.78 is 14.5. The maximum Gasteiger partial charge on any atom is 0.254 e. The third-order valence-corrected chi connectivity index (χ3v) is 5.26. The fraction of sp³-hybridized carbons (Fsp3) is 0.714. The fourth-order valence-electron chi connectivity index (χ4n) is 4.77. The molecule has 1 aromatic rings. The summed E-state index contributed by atoms with van der Waals surface area (Å²) in [6.07, 6.45) is 7.32. The molecule has 0 saturated heterocycles. The maximum absolute atomic E-state index is 14.5. The molecule has 2 atom stereocenters. The highest BCUT2D eigenvalue weighted by atomic mass is 19.1. The number of alkyl halides is 1. The SMILES string of the molecule is O=C(NC1C2CC3CC1CC(F)(C3)C2)c1cn[nH]c1. The number of carbonyl (C=O) groups excluding carboxylic acids is 1. The first-order chi connectivity index (χ1) is 9.13. The average Bonchev–Trinajstić information content (AvgIpc) is 2.85. The minimum atomic E-state index is -0.937. The molecule has 4 nitrogen and oxygen atoms in total. The van der Waals surface area contributed by atoms with Gasteiger partial charge in [0, 0.05) is 12.2 Å². The molecule has 4 aliphatic carbocycles. The third kappa shape index (κ3) is 1.78. The lowest BCUT2D eigenvalue weighted by Crippen LogP contribution is -2.60. The molecule has 4 aliphatic rings. The highest BCUT2D eigenvalue weighted by molar-refractivity contribution is 5.93. The molecule has 0 aliphatic heterocycles. The molecular formula is C14H18FN3O. The number of halogens is 1. The van der Waals surface area contributed by atoms with Crippen LogP contribution >= 0.6 is 0 Å². The van der Waals surface area contributed by atoms with Crippen molar-refractivity contribution in [3.05, 3.63) is 18.0 Å². The van der Waals surface area contributed by atoms with E-state index in [0.29, 0.717) is 36.2 Å². The normalized spacial score (nSPS) is 43.4. The Balaban J connectivity index is 1.52. The molecule has 0 spiro atoms. The number of carbonyl (C=O) groups is 1. The smallest absolute Gasteiger partial charge is 0.254 e. The molecule has 1 heterocycles. The van der Waals surface area contributed by atoms with E-state index in [9.17, 15) is 9.18 Å². The van der Waals surface area contributed by atoms with Gasteiger partial charge in [0.25, 0.3) is 5.91 Å². The van der Waals surface area contributed by atoms with Crippen LogP contribution in [0.25, 0.3) is 0 Å². The van der Waals surface area contributed by atoms with Crippen molar-refractivity contribution in [2.45, 2.75) is 43.8 Å². The molecule has 1 amide bonds. The maximum atomic E-state index is 14.5. The number of hydrogen-bond acceptors (Lipinski definition) is 2. The lowest BCUT2D eigenvalue weighted by molar-refractivity contribution is -0.0906. The van der Waals surface area contributed by atoms with Crippen molar-refractivity contribution in [2.75, 3.05) is 0 Å². The van der Waals surface area contributed by atoms with Crippen LogP contribution in [0.4, 0.5) is 4.39 Å². The quantitative estimate of drug-likeness (QED) is 0.858. The fourth-order valence-corrected chi connectivity index (χ4v) is 4.77. The second-order valence-electron chi connectivity index (χ2n) is 6.61. The zero-order valence-electron chi connectivity index (χ0n) is 10.7. The Morgan fingerprint density at radius 3 is 2.68 bits per heavy atom. The van der Waals surface area contributed by atoms with Gasteiger partial charge in [-0.25, -0.2) is 4.39 Å². The molecule has 2 unspecified atom stereocenters. The van der Waals surface area contributed by atoms with Crippen molar-refractivity contribution in [1.82, 2.24) is 15.5 Å². The van der Waals surface area contributed by atoms with Crippen LogP contribution in [0.1, 0.15) is 42.5 Å². The van der Waals surface area contributed by atoms with Crippen molar-refractivity contribution in [2.24, 2.45) is 17.8 Å². The number of hydrogen-bond donors (Lipinski definition) is 2. The average molecular weight is 263 g/mol. The molecule has 102 valence electrons. The molecular weight excluding hydrogens is 245 g/mol. The summed E-state index contributed by atoms with van der Waals surface area (Å²) in [5, 5.41) is 9.56. The van der Waals surface area contributed by atoms with Crippen LogP contribution in [-0.2, 0) is 0 Å². The molecule has 4 fully saturated rings. The van der Waals surface area contributed by atoms with Gasteiger partial charge in [0.1, 0.15) is 5.67 Å². The van der Waals surface area contributed by atoms with Gasteiger partial charge in [-0.1, -0.05) is 0 Å². The first-order valence-corrected chi connectivity index (χ1v) is 7.11. The molecule has 4 saturated carbocycles. The molecule has 5 heteroatoms. The predicted molar refractivity (Wildman–Crippen MR) is 67.2 cm³/mol. The summed E-state index contributed by atoms with van der Waals surface area (Å²) in [6, 6.07) is 0.155. The van der Waals surface area contributed by atoms with Crippen LogP contribution in [0.3, 0.4) is 0 Å². The van der Waals surface area contributed by atoms with E-state index in [1.165, 1.54) is 6.20 Å². The van der Waals surface area contributed by atoms with Crippen molar-refractivity contribution in [3.63, 3.8) is 0 Å². The minimum Gasteiger partial charge on any atom is -0.349 e. The number of rotatable bonds is 2. The Kier molecular flexibility index (Phi) is 2.29. The van der Waals surface area contributed by atoms with E-state index in [0.717, 1.165) is 19.3 Å². The van der Waals surface area contributed by atoms with Gasteiger partial charge in [0.05, 0.1) is 11.8 Å². The molecule has 1 aromatic heterocycles. The summed E-state index contributed by atoms with van der Waals surface area (Å²) in [4.78, 5) is 12.1. The van der Waals surface area contributed by atoms with Crippen LogP contribution in [0, 0.1) is 17.8 Å². The minimum absolute atomic E-state index is 0.0841. The summed E-state index contributed by atoms with van der Waals surface area (Å²) >= 11 is 0. The first kappa shape index (κ1) is 11.4. The van der Waals surface area contributed by atoms with E-state index in [1.807, 2.05) is 0 Å². The van der Waals surface area contributed by atoms with E-state index in [-0.39, 0.29) is 11.9 Å². The molecule has 19 heavy (non-hydrogen) atoms. The topological polar surface area (TPSA) is 57.8 Å². The highest BCUT2D eigenvalue weighted by Gasteiger charge is 2.56. The van der Waals surface area contributed by atoms with Gasteiger partial charge >= 0.3 is 0 Å². The van der Waals surface area contributed by atoms with Gasteiger partial charge in [0.15, 0.2) is 0 Å². The number of amides is 1. The van der Waals surface area contributed by atoms with Gasteiger partial charge in [0.2, 0.25) is 0 Å². The molecule has 4 bridgehead atoms. The Labute approximate surface area is 111 Å². The number of aromatic nitrogens is 2. The van der Waals surface area contributed by atoms with Crippen LogP contribution in [0.15, 0.2) is 12.4 Å². The number of nitrogens with one attached hydrogen (secondary N) is 2. The largest absolute Gasteiger partial charge is 0.349 e. The van der Waals surface area contributed by atoms with Crippen molar-refractivity contribution < 1.29 is 9.18 Å². The molecule has 0 radical (unpaired) electrons. The number of H-pyrrole nitrogens is 1. The van der Waals surface area contributed by atoms with Gasteiger partial charge in [-0.3, -0.25) is 9.89 Å². The van der Waals surface area contributed by atoms with E-state index in [1.54, 1.807) is 6.20 Å². The third-order valence-electron chi connectivity index (χ3n) is 5.26. The second-order valence-corrected chi connectivity index (χ2v) is 6.61. The van der Waals surface area contributed by atoms with Crippen molar-refractivity contribution >= 4 is 5.91 Å². The van der Waals surface area contributed by atoms with Gasteiger partial charge in [-0.2, -0.15) is 5.10 Å². The molecule has 0 aromatic carbocycles.